The fourth-order valence-corrected chi connectivity index (χ4v) is 3.35. The Hall–Kier alpha value is -3.93. The second-order valence-electron chi connectivity index (χ2n) is 6.87. The molecule has 0 fully saturated rings. The molecule has 1 aliphatic rings. The van der Waals surface area contributed by atoms with Crippen molar-refractivity contribution in [3.05, 3.63) is 102 Å². The Morgan fingerprint density at radius 2 is 1.57 bits per heavy atom. The standard InChI is InChI=1S/C24H21N3O3/c1-30-19-14-12-16(13-15-19)20-21(26-23(28)18-10-6-3-7-11-18)24(29)27-22(25-20)17-8-4-2-5-9-17/h2-15,20-21H,1H3,(H,26,28)(H,25,27,29)/t20-,21-/m0/s1. The molecule has 0 radical (unpaired) electrons. The summed E-state index contributed by atoms with van der Waals surface area (Å²) in [5.74, 6) is 0.546. The zero-order valence-electron chi connectivity index (χ0n) is 16.4. The average Bonchev–Trinajstić information content (AvgIpc) is 2.81. The molecule has 0 unspecified atom stereocenters. The van der Waals surface area contributed by atoms with Crippen LogP contribution >= 0.6 is 0 Å². The van der Waals surface area contributed by atoms with Crippen molar-refractivity contribution < 1.29 is 14.3 Å². The molecule has 2 atom stereocenters. The van der Waals surface area contributed by atoms with Gasteiger partial charge in [-0.1, -0.05) is 60.7 Å². The maximum Gasteiger partial charge on any atom is 0.252 e. The van der Waals surface area contributed by atoms with Crippen molar-refractivity contribution in [2.24, 2.45) is 4.99 Å². The molecule has 150 valence electrons. The quantitative estimate of drug-likeness (QED) is 0.692. The van der Waals surface area contributed by atoms with Crippen molar-refractivity contribution in [2.75, 3.05) is 7.11 Å². The van der Waals surface area contributed by atoms with Crippen molar-refractivity contribution in [3.8, 4) is 5.75 Å². The van der Waals surface area contributed by atoms with Crippen molar-refractivity contribution in [3.63, 3.8) is 0 Å². The summed E-state index contributed by atoms with van der Waals surface area (Å²) in [5, 5.41) is 5.68. The maximum absolute atomic E-state index is 13.0. The van der Waals surface area contributed by atoms with Crippen LogP contribution in [-0.4, -0.2) is 30.8 Å². The van der Waals surface area contributed by atoms with E-state index in [1.807, 2.05) is 60.7 Å². The summed E-state index contributed by atoms with van der Waals surface area (Å²) >= 11 is 0. The fourth-order valence-electron chi connectivity index (χ4n) is 3.35. The number of aliphatic imine (C=N–C) groups is 1. The zero-order valence-corrected chi connectivity index (χ0v) is 16.4. The molecule has 1 aliphatic heterocycles. The lowest BCUT2D eigenvalue weighted by molar-refractivity contribution is -0.122. The van der Waals surface area contributed by atoms with Crippen LogP contribution in [0.4, 0.5) is 0 Å². The molecule has 3 aromatic carbocycles. The minimum absolute atomic E-state index is 0.311. The number of amidine groups is 1. The molecule has 2 amide bonds. The predicted octanol–water partition coefficient (Wildman–Crippen LogP) is 3.11. The van der Waals surface area contributed by atoms with Crippen LogP contribution in [0.5, 0.6) is 5.75 Å². The number of amides is 2. The summed E-state index contributed by atoms with van der Waals surface area (Å²) in [6.45, 7) is 0. The van der Waals surface area contributed by atoms with Crippen LogP contribution < -0.4 is 15.4 Å². The molecule has 1 heterocycles. The highest BCUT2D eigenvalue weighted by Crippen LogP contribution is 2.27. The minimum Gasteiger partial charge on any atom is -0.497 e. The van der Waals surface area contributed by atoms with Gasteiger partial charge in [0.15, 0.2) is 0 Å². The Morgan fingerprint density at radius 1 is 0.933 bits per heavy atom. The Labute approximate surface area is 174 Å². The summed E-state index contributed by atoms with van der Waals surface area (Å²) in [7, 11) is 1.59. The third-order valence-corrected chi connectivity index (χ3v) is 4.94. The number of rotatable bonds is 5. The molecular formula is C24H21N3O3. The molecule has 6 heteroatoms. The predicted molar refractivity (Wildman–Crippen MR) is 115 cm³/mol. The van der Waals surface area contributed by atoms with Gasteiger partial charge in [-0.15, -0.1) is 0 Å². The van der Waals surface area contributed by atoms with E-state index in [0.717, 1.165) is 11.1 Å². The van der Waals surface area contributed by atoms with Gasteiger partial charge in [-0.25, -0.2) is 0 Å². The molecule has 0 aromatic heterocycles. The van der Waals surface area contributed by atoms with E-state index in [9.17, 15) is 9.59 Å². The van der Waals surface area contributed by atoms with Gasteiger partial charge in [0, 0.05) is 11.1 Å². The molecular weight excluding hydrogens is 378 g/mol. The molecule has 0 saturated heterocycles. The van der Waals surface area contributed by atoms with Gasteiger partial charge in [0.05, 0.1) is 7.11 Å². The van der Waals surface area contributed by atoms with E-state index in [2.05, 4.69) is 10.6 Å². The summed E-state index contributed by atoms with van der Waals surface area (Å²) < 4.78 is 5.23. The van der Waals surface area contributed by atoms with Gasteiger partial charge in [0.1, 0.15) is 23.7 Å². The van der Waals surface area contributed by atoms with E-state index < -0.39 is 12.1 Å². The van der Waals surface area contributed by atoms with E-state index in [4.69, 9.17) is 9.73 Å². The Bertz CT molecular complexity index is 1060. The number of benzene rings is 3. The van der Waals surface area contributed by atoms with Crippen LogP contribution in [0.25, 0.3) is 0 Å². The number of methoxy groups -OCH3 is 1. The van der Waals surface area contributed by atoms with Crippen molar-refractivity contribution >= 4 is 17.6 Å². The zero-order chi connectivity index (χ0) is 20.9. The van der Waals surface area contributed by atoms with Gasteiger partial charge in [0.2, 0.25) is 0 Å². The third kappa shape index (κ3) is 4.07. The topological polar surface area (TPSA) is 79.8 Å². The highest BCUT2D eigenvalue weighted by molar-refractivity contribution is 6.12. The summed E-state index contributed by atoms with van der Waals surface area (Å²) in [6, 6.07) is 24.2. The normalized spacial score (nSPS) is 18.2. The lowest BCUT2D eigenvalue weighted by Crippen LogP contribution is -2.54. The highest BCUT2D eigenvalue weighted by atomic mass is 16.5. The third-order valence-electron chi connectivity index (χ3n) is 4.94. The highest BCUT2D eigenvalue weighted by Gasteiger charge is 2.36. The number of nitrogens with zero attached hydrogens (tertiary/aromatic N) is 1. The summed E-state index contributed by atoms with van der Waals surface area (Å²) in [5.41, 5.74) is 2.09. The minimum atomic E-state index is -0.849. The molecule has 30 heavy (non-hydrogen) atoms. The number of ether oxygens (including phenoxy) is 1. The SMILES string of the molecule is COc1ccc([C@@H]2N=C(c3ccccc3)NC(=O)[C@H]2NC(=O)c2ccccc2)cc1. The van der Waals surface area contributed by atoms with Crippen LogP contribution in [-0.2, 0) is 4.79 Å². The van der Waals surface area contributed by atoms with Gasteiger partial charge in [-0.3, -0.25) is 14.6 Å². The Balaban J connectivity index is 1.70. The van der Waals surface area contributed by atoms with Crippen LogP contribution in [0.3, 0.4) is 0 Å². The molecule has 4 rings (SSSR count). The number of hydrogen-bond donors (Lipinski definition) is 2. The molecule has 0 bridgehead atoms. The van der Waals surface area contributed by atoms with Crippen molar-refractivity contribution in [2.45, 2.75) is 12.1 Å². The number of hydrogen-bond acceptors (Lipinski definition) is 4. The molecule has 3 aromatic rings. The Kier molecular flexibility index (Phi) is 5.57. The summed E-state index contributed by atoms with van der Waals surface area (Å²) in [4.78, 5) is 30.5. The molecule has 0 spiro atoms. The second kappa shape index (κ2) is 8.61. The first-order valence-corrected chi connectivity index (χ1v) is 9.59. The number of nitrogens with one attached hydrogen (secondary N) is 2. The molecule has 2 N–H and O–H groups in total. The largest absolute Gasteiger partial charge is 0.497 e. The van der Waals surface area contributed by atoms with Gasteiger partial charge < -0.3 is 15.4 Å². The van der Waals surface area contributed by atoms with Gasteiger partial charge in [0.25, 0.3) is 11.8 Å². The van der Waals surface area contributed by atoms with E-state index in [-0.39, 0.29) is 11.8 Å². The van der Waals surface area contributed by atoms with Crippen LogP contribution in [0.2, 0.25) is 0 Å². The van der Waals surface area contributed by atoms with Crippen molar-refractivity contribution in [1.82, 2.24) is 10.6 Å². The van der Waals surface area contributed by atoms with E-state index in [1.54, 1.807) is 31.4 Å². The van der Waals surface area contributed by atoms with Crippen LogP contribution in [0.1, 0.15) is 27.5 Å². The second-order valence-corrected chi connectivity index (χ2v) is 6.87. The lowest BCUT2D eigenvalue weighted by atomic mass is 9.96. The molecule has 0 saturated carbocycles. The smallest absolute Gasteiger partial charge is 0.252 e. The van der Waals surface area contributed by atoms with E-state index >= 15 is 0 Å². The lowest BCUT2D eigenvalue weighted by Gasteiger charge is -2.30. The van der Waals surface area contributed by atoms with Gasteiger partial charge >= 0.3 is 0 Å². The first kappa shape index (κ1) is 19.4. The van der Waals surface area contributed by atoms with Crippen LogP contribution in [0, 0.1) is 0 Å². The average molecular weight is 399 g/mol. The fraction of sp³-hybridized carbons (Fsp3) is 0.125. The van der Waals surface area contributed by atoms with E-state index in [0.29, 0.717) is 17.1 Å². The maximum atomic E-state index is 13.0. The Morgan fingerprint density at radius 3 is 2.20 bits per heavy atom. The van der Waals surface area contributed by atoms with Gasteiger partial charge in [-0.2, -0.15) is 0 Å². The summed E-state index contributed by atoms with van der Waals surface area (Å²) in [6.07, 6.45) is 0. The van der Waals surface area contributed by atoms with Crippen molar-refractivity contribution in [1.29, 1.82) is 0 Å². The molecule has 6 nitrogen and oxygen atoms in total. The van der Waals surface area contributed by atoms with E-state index in [1.165, 1.54) is 0 Å². The first-order chi connectivity index (χ1) is 14.7. The van der Waals surface area contributed by atoms with Gasteiger partial charge in [-0.05, 0) is 29.8 Å². The number of carbonyl (C=O) groups excluding carboxylic acids is 2. The first-order valence-electron chi connectivity index (χ1n) is 9.59. The van der Waals surface area contributed by atoms with Crippen LogP contribution in [0.15, 0.2) is 89.9 Å². The number of carbonyl (C=O) groups is 2. The molecule has 0 aliphatic carbocycles. The monoisotopic (exact) mass is 399 g/mol.